The van der Waals surface area contributed by atoms with Gasteiger partial charge in [-0.25, -0.2) is 8.78 Å². The molecule has 0 aliphatic heterocycles. The molecule has 1 aromatic heterocycles. The number of H-pyrrole nitrogens is 1. The molecule has 2 aromatic carbocycles. The van der Waals surface area contributed by atoms with Crippen LogP contribution in [0.3, 0.4) is 0 Å². The molecule has 1 aliphatic rings. The van der Waals surface area contributed by atoms with Gasteiger partial charge in [0.1, 0.15) is 5.75 Å². The molecule has 164 valence electrons. The molecule has 0 saturated carbocycles. The topological polar surface area (TPSA) is 70.2 Å². The maximum Gasteiger partial charge on any atom is 0.273 e. The van der Waals surface area contributed by atoms with E-state index >= 15 is 0 Å². The second-order valence-corrected chi connectivity index (χ2v) is 8.29. The van der Waals surface area contributed by atoms with Crippen LogP contribution >= 0.6 is 0 Å². The van der Waals surface area contributed by atoms with Crippen molar-refractivity contribution in [3.05, 3.63) is 58.3 Å². The number of methoxy groups -OCH3 is 1. The van der Waals surface area contributed by atoms with Crippen LogP contribution in [0.5, 0.6) is 5.75 Å². The fraction of sp³-hybridized carbons (Fsp3) is 0.391. The van der Waals surface area contributed by atoms with Crippen molar-refractivity contribution in [2.75, 3.05) is 21.2 Å². The molecule has 1 amide bonds. The number of amides is 1. The van der Waals surface area contributed by atoms with E-state index in [2.05, 4.69) is 15.5 Å². The van der Waals surface area contributed by atoms with Gasteiger partial charge in [0.2, 0.25) is 0 Å². The molecule has 0 radical (unpaired) electrons. The fourth-order valence-corrected chi connectivity index (χ4v) is 4.43. The first-order valence-electron chi connectivity index (χ1n) is 10.2. The number of alkyl halides is 2. The van der Waals surface area contributed by atoms with Crippen LogP contribution in [-0.4, -0.2) is 42.2 Å². The lowest BCUT2D eigenvalue weighted by molar-refractivity contribution is -0.00185. The van der Waals surface area contributed by atoms with Gasteiger partial charge in [-0.1, -0.05) is 18.2 Å². The fourth-order valence-electron chi connectivity index (χ4n) is 4.43. The first-order chi connectivity index (χ1) is 14.7. The van der Waals surface area contributed by atoms with Gasteiger partial charge in [-0.3, -0.25) is 9.89 Å². The Morgan fingerprint density at radius 3 is 2.87 bits per heavy atom. The van der Waals surface area contributed by atoms with Gasteiger partial charge in [-0.05, 0) is 44.6 Å². The van der Waals surface area contributed by atoms with Crippen molar-refractivity contribution in [2.24, 2.45) is 0 Å². The van der Waals surface area contributed by atoms with Gasteiger partial charge in [0.25, 0.3) is 11.8 Å². The lowest BCUT2D eigenvalue weighted by Gasteiger charge is -2.20. The molecule has 4 rings (SSSR count). The van der Waals surface area contributed by atoms with Crippen molar-refractivity contribution in [1.82, 2.24) is 20.4 Å². The Labute approximate surface area is 179 Å². The first-order valence-corrected chi connectivity index (χ1v) is 10.2. The van der Waals surface area contributed by atoms with E-state index in [1.54, 1.807) is 25.4 Å². The Bertz CT molecular complexity index is 1140. The molecule has 1 heterocycles. The van der Waals surface area contributed by atoms with Crippen molar-refractivity contribution in [1.29, 1.82) is 0 Å². The summed E-state index contributed by atoms with van der Waals surface area (Å²) in [5.74, 6) is -2.44. The summed E-state index contributed by atoms with van der Waals surface area (Å²) in [5, 5.41) is 10.7. The lowest BCUT2D eigenvalue weighted by atomic mass is 9.97. The summed E-state index contributed by atoms with van der Waals surface area (Å²) >= 11 is 0. The zero-order valence-electron chi connectivity index (χ0n) is 18.1. The molecule has 1 aliphatic carbocycles. The molecule has 1 atom stereocenters. The van der Waals surface area contributed by atoms with E-state index in [1.807, 2.05) is 32.0 Å². The minimum atomic E-state index is -2.81. The van der Waals surface area contributed by atoms with Crippen LogP contribution in [0.25, 0.3) is 10.9 Å². The summed E-state index contributed by atoms with van der Waals surface area (Å²) < 4.78 is 33.9. The zero-order chi connectivity index (χ0) is 22.3. The van der Waals surface area contributed by atoms with Crippen LogP contribution in [-0.2, 0) is 18.9 Å². The minimum Gasteiger partial charge on any atom is -0.496 e. The summed E-state index contributed by atoms with van der Waals surface area (Å²) in [4.78, 5) is 15.2. The third-order valence-corrected chi connectivity index (χ3v) is 5.81. The Morgan fingerprint density at radius 1 is 1.39 bits per heavy atom. The number of nitrogens with one attached hydrogen (secondary N) is 2. The van der Waals surface area contributed by atoms with Crippen molar-refractivity contribution in [3.63, 3.8) is 0 Å². The maximum absolute atomic E-state index is 14.2. The molecular formula is C23H26F2N4O2. The number of rotatable bonds is 6. The molecule has 0 bridgehead atoms. The highest BCUT2D eigenvalue weighted by Crippen LogP contribution is 2.43. The first kappa shape index (κ1) is 21.2. The smallest absolute Gasteiger partial charge is 0.273 e. The summed E-state index contributed by atoms with van der Waals surface area (Å²) in [7, 11) is 5.47. The molecular weight excluding hydrogens is 402 g/mol. The second kappa shape index (κ2) is 7.92. The number of ether oxygens (including phenoxy) is 1. The lowest BCUT2D eigenvalue weighted by Crippen LogP contribution is -2.28. The average Bonchev–Trinajstić information content (AvgIpc) is 3.31. The van der Waals surface area contributed by atoms with Gasteiger partial charge in [0.15, 0.2) is 0 Å². The number of hydrogen-bond donors (Lipinski definition) is 2. The molecule has 2 N–H and O–H groups in total. The quantitative estimate of drug-likeness (QED) is 0.619. The molecule has 6 nitrogen and oxygen atoms in total. The average molecular weight is 428 g/mol. The molecule has 1 unspecified atom stereocenters. The van der Waals surface area contributed by atoms with E-state index in [0.29, 0.717) is 35.4 Å². The van der Waals surface area contributed by atoms with Crippen molar-refractivity contribution in [2.45, 2.75) is 38.3 Å². The number of carbonyl (C=O) groups excluding carboxylic acids is 1. The Balaban J connectivity index is 1.68. The van der Waals surface area contributed by atoms with E-state index in [1.165, 1.54) is 6.07 Å². The SMILES string of the molecule is COc1c(CN(C)C)cc(C(=O)NC(C)c2cccc3c2CCC3(F)F)c2[nH]ncc12. The van der Waals surface area contributed by atoms with Crippen LogP contribution in [0.4, 0.5) is 8.78 Å². The highest BCUT2D eigenvalue weighted by Gasteiger charge is 2.40. The normalized spacial score (nSPS) is 15.8. The summed E-state index contributed by atoms with van der Waals surface area (Å²) in [6, 6.07) is 6.29. The van der Waals surface area contributed by atoms with Crippen LogP contribution in [0.2, 0.25) is 0 Å². The Hall–Kier alpha value is -3.00. The number of nitrogens with zero attached hydrogens (tertiary/aromatic N) is 2. The number of carbonyl (C=O) groups is 1. The van der Waals surface area contributed by atoms with Crippen molar-refractivity contribution < 1.29 is 18.3 Å². The van der Waals surface area contributed by atoms with Crippen LogP contribution in [0.1, 0.15) is 52.0 Å². The molecule has 31 heavy (non-hydrogen) atoms. The maximum atomic E-state index is 14.2. The molecule has 8 heteroatoms. The van der Waals surface area contributed by atoms with Crippen LogP contribution < -0.4 is 10.1 Å². The van der Waals surface area contributed by atoms with Gasteiger partial charge in [0, 0.05) is 24.1 Å². The summed E-state index contributed by atoms with van der Waals surface area (Å²) in [6.45, 7) is 2.40. The van der Waals surface area contributed by atoms with E-state index in [4.69, 9.17) is 4.74 Å². The summed E-state index contributed by atoms with van der Waals surface area (Å²) in [6.07, 6.45) is 1.75. The van der Waals surface area contributed by atoms with Crippen molar-refractivity contribution >= 4 is 16.8 Å². The van der Waals surface area contributed by atoms with Crippen molar-refractivity contribution in [3.8, 4) is 5.75 Å². The largest absolute Gasteiger partial charge is 0.496 e. The Kier molecular flexibility index (Phi) is 5.43. The third kappa shape index (κ3) is 3.76. The number of hydrogen-bond acceptors (Lipinski definition) is 4. The molecule has 0 spiro atoms. The Morgan fingerprint density at radius 2 is 2.16 bits per heavy atom. The third-order valence-electron chi connectivity index (χ3n) is 5.81. The van der Waals surface area contributed by atoms with Gasteiger partial charge in [0.05, 0.1) is 35.8 Å². The van der Waals surface area contributed by atoms with Crippen LogP contribution in [0.15, 0.2) is 30.5 Å². The number of fused-ring (bicyclic) bond motifs is 2. The zero-order valence-corrected chi connectivity index (χ0v) is 18.1. The second-order valence-electron chi connectivity index (χ2n) is 8.29. The summed E-state index contributed by atoms with van der Waals surface area (Å²) in [5.41, 5.74) is 3.31. The van der Waals surface area contributed by atoms with E-state index < -0.39 is 12.0 Å². The number of aromatic amines is 1. The monoisotopic (exact) mass is 428 g/mol. The highest BCUT2D eigenvalue weighted by molar-refractivity contribution is 6.07. The van der Waals surface area contributed by atoms with Gasteiger partial charge < -0.3 is 15.0 Å². The number of halogens is 2. The standard InChI is InChI=1S/C23H26F2N4O2/c1-13(15-6-5-7-19-16(15)8-9-23(19,24)25)27-22(30)17-10-14(12-29(2)3)21(31-4)18-11-26-28-20(17)18/h5-7,10-11,13H,8-9,12H2,1-4H3,(H,26,28)(H,27,30). The van der Waals surface area contributed by atoms with Gasteiger partial charge in [-0.15, -0.1) is 0 Å². The minimum absolute atomic E-state index is 0.0692. The molecule has 0 fully saturated rings. The molecule has 0 saturated heterocycles. The number of aromatic nitrogens is 2. The van der Waals surface area contributed by atoms with E-state index in [0.717, 1.165) is 16.5 Å². The molecule has 3 aromatic rings. The van der Waals surface area contributed by atoms with Gasteiger partial charge >= 0.3 is 0 Å². The van der Waals surface area contributed by atoms with Gasteiger partial charge in [-0.2, -0.15) is 5.10 Å². The van der Waals surface area contributed by atoms with E-state index in [9.17, 15) is 13.6 Å². The number of benzene rings is 2. The predicted molar refractivity (Wildman–Crippen MR) is 115 cm³/mol. The van der Waals surface area contributed by atoms with E-state index in [-0.39, 0.29) is 17.9 Å². The highest BCUT2D eigenvalue weighted by atomic mass is 19.3. The van der Waals surface area contributed by atoms with Crippen LogP contribution in [0, 0.1) is 0 Å². The predicted octanol–water partition coefficient (Wildman–Crippen LogP) is 4.16.